The van der Waals surface area contributed by atoms with Crippen molar-refractivity contribution in [2.45, 2.75) is 77.3 Å². The Bertz CT molecular complexity index is 183. The molecule has 18 heavy (non-hydrogen) atoms. The number of rotatable bonds is 8. The Hall–Kier alpha value is -0.0800. The second-order valence-electron chi connectivity index (χ2n) is 6.09. The van der Waals surface area contributed by atoms with Crippen molar-refractivity contribution in [1.29, 1.82) is 0 Å². The Balaban J connectivity index is 2.49. The molecule has 0 radical (unpaired) electrons. The van der Waals surface area contributed by atoms with Crippen LogP contribution in [-0.4, -0.2) is 49.1 Å². The molecule has 1 aliphatic rings. The lowest BCUT2D eigenvalue weighted by atomic mass is 9.88. The minimum Gasteiger partial charge on any atom is -0.302 e. The van der Waals surface area contributed by atoms with E-state index in [9.17, 15) is 0 Å². The molecular weight excluding hydrogens is 220 g/mol. The van der Waals surface area contributed by atoms with Gasteiger partial charge in [0, 0.05) is 12.1 Å². The number of hydrogen-bond acceptors (Lipinski definition) is 2. The van der Waals surface area contributed by atoms with Gasteiger partial charge < -0.3 is 9.80 Å². The van der Waals surface area contributed by atoms with Gasteiger partial charge in [-0.1, -0.05) is 39.5 Å². The van der Waals surface area contributed by atoms with Crippen molar-refractivity contribution in [3.05, 3.63) is 0 Å². The molecule has 108 valence electrons. The first-order valence-corrected chi connectivity index (χ1v) is 8.11. The standard InChI is InChI=1S/C16H34N2/c1-5-7-13-17(3)15-11-9-10-12-16(15)18(4)14-8-6-2/h15-16H,5-14H2,1-4H3/t15-,16-/m0/s1. The predicted octanol–water partition coefficient (Wildman–Crippen LogP) is 3.76. The van der Waals surface area contributed by atoms with Crippen molar-refractivity contribution in [3.8, 4) is 0 Å². The average molecular weight is 254 g/mol. The molecule has 0 aromatic rings. The maximum atomic E-state index is 2.63. The van der Waals surface area contributed by atoms with E-state index in [0.29, 0.717) is 0 Å². The molecular formula is C16H34N2. The molecule has 0 aromatic heterocycles. The first kappa shape index (κ1) is 16.0. The third-order valence-electron chi connectivity index (χ3n) is 4.55. The van der Waals surface area contributed by atoms with Crippen molar-refractivity contribution >= 4 is 0 Å². The zero-order valence-corrected chi connectivity index (χ0v) is 13.1. The molecule has 1 rings (SSSR count). The summed E-state index contributed by atoms with van der Waals surface area (Å²) in [5, 5.41) is 0. The lowest BCUT2D eigenvalue weighted by Gasteiger charge is -2.42. The third-order valence-corrected chi connectivity index (χ3v) is 4.55. The Kier molecular flexibility index (Phi) is 7.92. The molecule has 1 saturated carbocycles. The van der Waals surface area contributed by atoms with Gasteiger partial charge in [-0.05, 0) is 52.9 Å². The van der Waals surface area contributed by atoms with Crippen LogP contribution in [0.25, 0.3) is 0 Å². The van der Waals surface area contributed by atoms with Crippen LogP contribution in [0.3, 0.4) is 0 Å². The van der Waals surface area contributed by atoms with Gasteiger partial charge in [-0.3, -0.25) is 0 Å². The second-order valence-corrected chi connectivity index (χ2v) is 6.09. The van der Waals surface area contributed by atoms with Crippen LogP contribution < -0.4 is 0 Å². The lowest BCUT2D eigenvalue weighted by Crippen LogP contribution is -2.51. The van der Waals surface area contributed by atoms with E-state index in [0.717, 1.165) is 12.1 Å². The van der Waals surface area contributed by atoms with Gasteiger partial charge in [-0.2, -0.15) is 0 Å². The van der Waals surface area contributed by atoms with Crippen LogP contribution in [0.2, 0.25) is 0 Å². The molecule has 0 amide bonds. The number of likely N-dealkylation sites (N-methyl/N-ethyl adjacent to an activating group) is 2. The van der Waals surface area contributed by atoms with Crippen LogP contribution in [0.15, 0.2) is 0 Å². The smallest absolute Gasteiger partial charge is 0.0248 e. The Morgan fingerprint density at radius 3 is 1.50 bits per heavy atom. The molecule has 1 fully saturated rings. The van der Waals surface area contributed by atoms with Crippen LogP contribution >= 0.6 is 0 Å². The van der Waals surface area contributed by atoms with Crippen molar-refractivity contribution in [3.63, 3.8) is 0 Å². The highest BCUT2D eigenvalue weighted by molar-refractivity contribution is 4.87. The molecule has 0 N–H and O–H groups in total. The van der Waals surface area contributed by atoms with E-state index in [1.54, 1.807) is 0 Å². The fourth-order valence-corrected chi connectivity index (χ4v) is 3.27. The van der Waals surface area contributed by atoms with E-state index < -0.39 is 0 Å². The summed E-state index contributed by atoms with van der Waals surface area (Å²) in [6, 6.07) is 1.60. The van der Waals surface area contributed by atoms with Crippen molar-refractivity contribution in [2.75, 3.05) is 27.2 Å². The van der Waals surface area contributed by atoms with Crippen molar-refractivity contribution < 1.29 is 0 Å². The van der Waals surface area contributed by atoms with Gasteiger partial charge >= 0.3 is 0 Å². The monoisotopic (exact) mass is 254 g/mol. The SMILES string of the molecule is CCCCN(C)[C@H]1CCCC[C@@H]1N(C)CCCC. The van der Waals surface area contributed by atoms with Crippen LogP contribution in [0.1, 0.15) is 65.2 Å². The van der Waals surface area contributed by atoms with E-state index in [1.165, 1.54) is 64.5 Å². The van der Waals surface area contributed by atoms with E-state index in [4.69, 9.17) is 0 Å². The highest BCUT2D eigenvalue weighted by atomic mass is 15.2. The van der Waals surface area contributed by atoms with E-state index in [1.807, 2.05) is 0 Å². The Labute approximate surface area is 115 Å². The zero-order valence-electron chi connectivity index (χ0n) is 13.1. The average Bonchev–Trinajstić information content (AvgIpc) is 2.42. The summed E-state index contributed by atoms with van der Waals surface area (Å²) < 4.78 is 0. The molecule has 2 nitrogen and oxygen atoms in total. The van der Waals surface area contributed by atoms with Gasteiger partial charge in [0.1, 0.15) is 0 Å². The van der Waals surface area contributed by atoms with Gasteiger partial charge in [-0.15, -0.1) is 0 Å². The summed E-state index contributed by atoms with van der Waals surface area (Å²) in [5.74, 6) is 0. The molecule has 0 heterocycles. The minimum absolute atomic E-state index is 0.798. The lowest BCUT2D eigenvalue weighted by molar-refractivity contribution is 0.0761. The summed E-state index contributed by atoms with van der Waals surface area (Å²) in [6.45, 7) is 7.14. The molecule has 1 aliphatic carbocycles. The number of nitrogens with zero attached hydrogens (tertiary/aromatic N) is 2. The topological polar surface area (TPSA) is 6.48 Å². The van der Waals surface area contributed by atoms with Gasteiger partial charge in [-0.25, -0.2) is 0 Å². The van der Waals surface area contributed by atoms with E-state index in [-0.39, 0.29) is 0 Å². The van der Waals surface area contributed by atoms with Crippen molar-refractivity contribution in [2.24, 2.45) is 0 Å². The highest BCUT2D eigenvalue weighted by Gasteiger charge is 2.30. The number of unbranched alkanes of at least 4 members (excludes halogenated alkanes) is 2. The molecule has 0 saturated heterocycles. The van der Waals surface area contributed by atoms with E-state index in [2.05, 4.69) is 37.7 Å². The highest BCUT2D eigenvalue weighted by Crippen LogP contribution is 2.26. The van der Waals surface area contributed by atoms with Crippen molar-refractivity contribution in [1.82, 2.24) is 9.80 Å². The normalized spacial score (nSPS) is 25.0. The predicted molar refractivity (Wildman–Crippen MR) is 81.1 cm³/mol. The first-order valence-electron chi connectivity index (χ1n) is 8.11. The maximum absolute atomic E-state index is 2.63. The molecule has 0 spiro atoms. The Morgan fingerprint density at radius 1 is 0.778 bits per heavy atom. The quantitative estimate of drug-likeness (QED) is 0.651. The molecule has 0 unspecified atom stereocenters. The van der Waals surface area contributed by atoms with Crippen LogP contribution in [0.4, 0.5) is 0 Å². The third kappa shape index (κ3) is 4.89. The van der Waals surface area contributed by atoms with Gasteiger partial charge in [0.15, 0.2) is 0 Å². The van der Waals surface area contributed by atoms with Gasteiger partial charge in [0.2, 0.25) is 0 Å². The van der Waals surface area contributed by atoms with Crippen LogP contribution in [0.5, 0.6) is 0 Å². The summed E-state index contributed by atoms with van der Waals surface area (Å²) >= 11 is 0. The fraction of sp³-hybridized carbons (Fsp3) is 1.00. The van der Waals surface area contributed by atoms with E-state index >= 15 is 0 Å². The zero-order chi connectivity index (χ0) is 13.4. The Morgan fingerprint density at radius 2 is 1.17 bits per heavy atom. The second kappa shape index (κ2) is 8.92. The molecule has 0 aliphatic heterocycles. The van der Waals surface area contributed by atoms with Crippen LogP contribution in [0, 0.1) is 0 Å². The summed E-state index contributed by atoms with van der Waals surface area (Å²) in [6.07, 6.45) is 11.0. The fourth-order valence-electron chi connectivity index (χ4n) is 3.27. The van der Waals surface area contributed by atoms with Crippen LogP contribution in [-0.2, 0) is 0 Å². The maximum Gasteiger partial charge on any atom is 0.0248 e. The molecule has 2 heteroatoms. The first-order chi connectivity index (χ1) is 8.70. The minimum atomic E-state index is 0.798. The van der Waals surface area contributed by atoms with Gasteiger partial charge in [0.25, 0.3) is 0 Å². The molecule has 2 atom stereocenters. The van der Waals surface area contributed by atoms with Gasteiger partial charge in [0.05, 0.1) is 0 Å². The largest absolute Gasteiger partial charge is 0.302 e. The number of hydrogen-bond donors (Lipinski definition) is 0. The summed E-state index contributed by atoms with van der Waals surface area (Å²) in [4.78, 5) is 5.27. The summed E-state index contributed by atoms with van der Waals surface area (Å²) in [5.41, 5.74) is 0. The molecule has 0 bridgehead atoms. The molecule has 0 aromatic carbocycles. The summed E-state index contributed by atoms with van der Waals surface area (Å²) in [7, 11) is 4.68.